The molecule has 2 rings (SSSR count). The molecular formula is C12H10BrFN2O. The molecule has 5 heteroatoms. The lowest BCUT2D eigenvalue weighted by Crippen LogP contribution is -2.10. The summed E-state index contributed by atoms with van der Waals surface area (Å²) in [5.41, 5.74) is 0.944. The van der Waals surface area contributed by atoms with Gasteiger partial charge in [-0.05, 0) is 47.1 Å². The first-order chi connectivity index (χ1) is 8.13. The Kier molecular flexibility index (Phi) is 3.38. The van der Waals surface area contributed by atoms with Crippen molar-refractivity contribution >= 4 is 21.7 Å². The van der Waals surface area contributed by atoms with Gasteiger partial charge in [-0.25, -0.2) is 4.39 Å². The summed E-state index contributed by atoms with van der Waals surface area (Å²) in [4.78, 5) is 12.1. The van der Waals surface area contributed by atoms with E-state index in [2.05, 4.69) is 21.0 Å². The minimum absolute atomic E-state index is 0.162. The molecule has 0 bridgehead atoms. The monoisotopic (exact) mass is 296 g/mol. The van der Waals surface area contributed by atoms with Crippen molar-refractivity contribution in [2.45, 2.75) is 13.5 Å². The molecule has 1 heterocycles. The van der Waals surface area contributed by atoms with Gasteiger partial charge in [-0.3, -0.25) is 9.48 Å². The van der Waals surface area contributed by atoms with Crippen LogP contribution in [0.4, 0.5) is 4.39 Å². The van der Waals surface area contributed by atoms with Gasteiger partial charge in [-0.15, -0.1) is 0 Å². The Bertz CT molecular complexity index is 565. The normalized spacial score (nSPS) is 10.5. The fourth-order valence-electron chi connectivity index (χ4n) is 1.56. The van der Waals surface area contributed by atoms with Gasteiger partial charge < -0.3 is 0 Å². The van der Waals surface area contributed by atoms with Crippen LogP contribution in [0.2, 0.25) is 0 Å². The summed E-state index contributed by atoms with van der Waals surface area (Å²) in [6.07, 6.45) is 1.58. The summed E-state index contributed by atoms with van der Waals surface area (Å²) in [6.45, 7) is 2.53. The van der Waals surface area contributed by atoms with Gasteiger partial charge in [0.25, 0.3) is 0 Å². The molecule has 0 atom stereocenters. The Morgan fingerprint density at radius 1 is 1.47 bits per heavy atom. The highest BCUT2D eigenvalue weighted by atomic mass is 79.9. The van der Waals surface area contributed by atoms with Crippen molar-refractivity contribution in [3.8, 4) is 0 Å². The summed E-state index contributed by atoms with van der Waals surface area (Å²) in [5, 5.41) is 4.03. The first-order valence-electron chi connectivity index (χ1n) is 5.15. The average Bonchev–Trinajstić information content (AvgIpc) is 2.80. The fourth-order valence-corrected chi connectivity index (χ4v) is 1.94. The first kappa shape index (κ1) is 12.0. The highest BCUT2D eigenvalue weighted by molar-refractivity contribution is 9.10. The first-order valence-corrected chi connectivity index (χ1v) is 5.94. The molecule has 0 radical (unpaired) electrons. The van der Waals surface area contributed by atoms with Crippen LogP contribution in [0.25, 0.3) is 0 Å². The summed E-state index contributed by atoms with van der Waals surface area (Å²) < 4.78 is 15.0. The average molecular weight is 297 g/mol. The van der Waals surface area contributed by atoms with Crippen molar-refractivity contribution in [2.75, 3.05) is 0 Å². The van der Waals surface area contributed by atoms with Crippen molar-refractivity contribution in [2.24, 2.45) is 0 Å². The molecule has 1 aromatic carbocycles. The van der Waals surface area contributed by atoms with E-state index in [-0.39, 0.29) is 16.1 Å². The van der Waals surface area contributed by atoms with Gasteiger partial charge in [0.15, 0.2) is 0 Å². The third kappa shape index (κ3) is 2.29. The predicted molar refractivity (Wildman–Crippen MR) is 65.4 cm³/mol. The molecule has 0 N–H and O–H groups in total. The third-order valence-electron chi connectivity index (χ3n) is 2.43. The number of carbonyl (C=O) groups is 1. The highest BCUT2D eigenvalue weighted by Crippen LogP contribution is 2.19. The van der Waals surface area contributed by atoms with Crippen LogP contribution in [0.15, 0.2) is 34.9 Å². The summed E-state index contributed by atoms with van der Waals surface area (Å²) in [5.74, 6) is -0.546. The lowest BCUT2D eigenvalue weighted by Gasteiger charge is -2.04. The molecule has 1 aromatic heterocycles. The van der Waals surface area contributed by atoms with Crippen LogP contribution < -0.4 is 0 Å². The predicted octanol–water partition coefficient (Wildman–Crippen LogP) is 3.04. The van der Waals surface area contributed by atoms with E-state index in [1.54, 1.807) is 16.9 Å². The zero-order valence-electron chi connectivity index (χ0n) is 9.15. The maximum atomic E-state index is 13.1. The van der Waals surface area contributed by atoms with Crippen LogP contribution >= 0.6 is 15.9 Å². The third-order valence-corrected chi connectivity index (χ3v) is 3.04. The van der Waals surface area contributed by atoms with E-state index in [1.807, 2.05) is 6.92 Å². The second-order valence-electron chi connectivity index (χ2n) is 3.49. The Morgan fingerprint density at radius 3 is 2.88 bits per heavy atom. The standard InChI is InChI=1S/C12H10BrFN2O/c1-2-16-11(5-6-15-16)12(17)8-3-4-10(14)9(13)7-8/h3-7H,2H2,1H3. The molecule has 3 nitrogen and oxygen atoms in total. The second-order valence-corrected chi connectivity index (χ2v) is 4.34. The number of rotatable bonds is 3. The lowest BCUT2D eigenvalue weighted by atomic mass is 10.1. The highest BCUT2D eigenvalue weighted by Gasteiger charge is 2.14. The van der Waals surface area contributed by atoms with Crippen LogP contribution in [-0.4, -0.2) is 15.6 Å². The molecule has 0 aliphatic rings. The number of carbonyl (C=O) groups excluding carboxylic acids is 1. The molecule has 0 fully saturated rings. The second kappa shape index (κ2) is 4.79. The maximum Gasteiger partial charge on any atom is 0.211 e. The SMILES string of the molecule is CCn1nccc1C(=O)c1ccc(F)c(Br)c1. The van der Waals surface area contributed by atoms with E-state index in [1.165, 1.54) is 18.2 Å². The molecule has 0 amide bonds. The number of hydrogen-bond acceptors (Lipinski definition) is 2. The van der Waals surface area contributed by atoms with Crippen molar-refractivity contribution in [1.82, 2.24) is 9.78 Å². The molecular weight excluding hydrogens is 287 g/mol. The molecule has 17 heavy (non-hydrogen) atoms. The van der Waals surface area contributed by atoms with Crippen LogP contribution in [0.5, 0.6) is 0 Å². The number of benzene rings is 1. The largest absolute Gasteiger partial charge is 0.287 e. The van der Waals surface area contributed by atoms with Crippen LogP contribution in [0.3, 0.4) is 0 Å². The Balaban J connectivity index is 2.40. The van der Waals surface area contributed by atoms with Gasteiger partial charge in [0.05, 0.1) is 4.47 Å². The number of aryl methyl sites for hydroxylation is 1. The van der Waals surface area contributed by atoms with Crippen LogP contribution in [-0.2, 0) is 6.54 Å². The maximum absolute atomic E-state index is 13.1. The molecule has 2 aromatic rings. The molecule has 88 valence electrons. The number of aromatic nitrogens is 2. The fraction of sp³-hybridized carbons (Fsp3) is 0.167. The minimum Gasteiger partial charge on any atom is -0.287 e. The van der Waals surface area contributed by atoms with Crippen molar-refractivity contribution in [3.05, 3.63) is 52.0 Å². The van der Waals surface area contributed by atoms with E-state index in [4.69, 9.17) is 0 Å². The Morgan fingerprint density at radius 2 is 2.24 bits per heavy atom. The molecule has 0 aliphatic carbocycles. The van der Waals surface area contributed by atoms with E-state index in [0.717, 1.165) is 0 Å². The summed E-state index contributed by atoms with van der Waals surface area (Å²) in [6, 6.07) is 5.87. The molecule has 0 saturated heterocycles. The quantitative estimate of drug-likeness (QED) is 0.816. The molecule has 0 aliphatic heterocycles. The van der Waals surface area contributed by atoms with E-state index in [9.17, 15) is 9.18 Å². The smallest absolute Gasteiger partial charge is 0.211 e. The summed E-state index contributed by atoms with van der Waals surface area (Å²) in [7, 11) is 0. The van der Waals surface area contributed by atoms with Crippen LogP contribution in [0, 0.1) is 5.82 Å². The van der Waals surface area contributed by atoms with Crippen LogP contribution in [0.1, 0.15) is 23.0 Å². The molecule has 0 unspecified atom stereocenters. The Hall–Kier alpha value is -1.49. The number of hydrogen-bond donors (Lipinski definition) is 0. The van der Waals surface area contributed by atoms with Gasteiger partial charge in [0.1, 0.15) is 11.5 Å². The zero-order chi connectivity index (χ0) is 12.4. The minimum atomic E-state index is -0.384. The number of ketones is 1. The Labute approximate surface area is 106 Å². The van der Waals surface area contributed by atoms with Crippen molar-refractivity contribution < 1.29 is 9.18 Å². The molecule has 0 saturated carbocycles. The molecule has 0 spiro atoms. The van der Waals surface area contributed by atoms with Gasteiger partial charge >= 0.3 is 0 Å². The van der Waals surface area contributed by atoms with Gasteiger partial charge in [0.2, 0.25) is 5.78 Å². The van der Waals surface area contributed by atoms with Gasteiger partial charge in [-0.1, -0.05) is 0 Å². The van der Waals surface area contributed by atoms with Gasteiger partial charge in [0, 0.05) is 18.3 Å². The lowest BCUT2D eigenvalue weighted by molar-refractivity contribution is 0.102. The van der Waals surface area contributed by atoms with E-state index < -0.39 is 0 Å². The van der Waals surface area contributed by atoms with Gasteiger partial charge in [-0.2, -0.15) is 5.10 Å². The van der Waals surface area contributed by atoms with E-state index in [0.29, 0.717) is 17.8 Å². The van der Waals surface area contributed by atoms with Crippen molar-refractivity contribution in [1.29, 1.82) is 0 Å². The van der Waals surface area contributed by atoms with Crippen molar-refractivity contribution in [3.63, 3.8) is 0 Å². The number of nitrogens with zero attached hydrogens (tertiary/aromatic N) is 2. The topological polar surface area (TPSA) is 34.9 Å². The summed E-state index contributed by atoms with van der Waals surface area (Å²) >= 11 is 3.06. The zero-order valence-corrected chi connectivity index (χ0v) is 10.7. The van der Waals surface area contributed by atoms with E-state index >= 15 is 0 Å². The number of halogens is 2.